The highest BCUT2D eigenvalue weighted by molar-refractivity contribution is 7.98. The highest BCUT2D eigenvalue weighted by atomic mass is 32.2. The molecule has 6 heteroatoms. The summed E-state index contributed by atoms with van der Waals surface area (Å²) in [5.41, 5.74) is 9.06. The molecule has 0 aliphatic heterocycles. The Morgan fingerprint density at radius 2 is 2.08 bits per heavy atom. The van der Waals surface area contributed by atoms with Crippen LogP contribution in [-0.4, -0.2) is 36.4 Å². The molecular formula is C7H15N3O2S. The molecule has 0 saturated carbocycles. The molecule has 5 N–H and O–H groups in total. The Balaban J connectivity index is 4.52. The summed E-state index contributed by atoms with van der Waals surface area (Å²) in [4.78, 5) is 22.2. The molecule has 0 saturated heterocycles. The van der Waals surface area contributed by atoms with Crippen molar-refractivity contribution in [2.24, 2.45) is 11.5 Å². The fraction of sp³-hybridized carbons (Fsp3) is 0.714. The molecule has 13 heavy (non-hydrogen) atoms. The first-order valence-electron chi connectivity index (χ1n) is 3.79. The van der Waals surface area contributed by atoms with E-state index < -0.39 is 17.4 Å². The predicted molar refractivity (Wildman–Crippen MR) is 53.2 cm³/mol. The zero-order chi connectivity index (χ0) is 10.5. The van der Waals surface area contributed by atoms with Crippen molar-refractivity contribution in [1.82, 2.24) is 5.32 Å². The van der Waals surface area contributed by atoms with Crippen LogP contribution in [0.2, 0.25) is 0 Å². The smallest absolute Gasteiger partial charge is 0.249 e. The van der Waals surface area contributed by atoms with E-state index in [0.29, 0.717) is 5.75 Å². The Morgan fingerprint density at radius 3 is 2.38 bits per heavy atom. The van der Waals surface area contributed by atoms with Gasteiger partial charge in [0.1, 0.15) is 0 Å². The lowest BCUT2D eigenvalue weighted by Crippen LogP contribution is -2.61. The number of amides is 2. The van der Waals surface area contributed by atoms with Crippen LogP contribution in [-0.2, 0) is 9.59 Å². The molecule has 1 atom stereocenters. The molecule has 0 aliphatic rings. The first kappa shape index (κ1) is 12.2. The number of nitrogens with one attached hydrogen (secondary N) is 1. The van der Waals surface area contributed by atoms with Gasteiger partial charge in [0.15, 0.2) is 5.54 Å². The predicted octanol–water partition coefficient (Wildman–Crippen LogP) is -1.33. The Hall–Kier alpha value is -0.750. The van der Waals surface area contributed by atoms with Gasteiger partial charge in [0.05, 0.1) is 0 Å². The van der Waals surface area contributed by atoms with Gasteiger partial charge >= 0.3 is 0 Å². The minimum Gasteiger partial charge on any atom is -0.368 e. The van der Waals surface area contributed by atoms with Crippen LogP contribution in [0, 0.1) is 0 Å². The summed E-state index contributed by atoms with van der Waals surface area (Å²) in [6, 6.07) is 0. The van der Waals surface area contributed by atoms with Crippen molar-refractivity contribution in [3.8, 4) is 0 Å². The fourth-order valence-electron chi connectivity index (χ4n) is 0.835. The third kappa shape index (κ3) is 2.89. The minimum atomic E-state index is -1.57. The molecule has 0 aromatic rings. The Labute approximate surface area is 81.6 Å². The zero-order valence-electron chi connectivity index (χ0n) is 7.79. The molecule has 0 rings (SSSR count). The maximum atomic E-state index is 11.2. The van der Waals surface area contributed by atoms with Gasteiger partial charge in [-0.1, -0.05) is 0 Å². The lowest BCUT2D eigenvalue weighted by molar-refractivity contribution is -0.135. The lowest BCUT2D eigenvalue weighted by atomic mass is 9.96. The average molecular weight is 205 g/mol. The first-order chi connectivity index (χ1) is 5.99. The summed E-state index contributed by atoms with van der Waals surface area (Å²) in [7, 11) is 1.42. The number of rotatable bonds is 5. The molecule has 0 spiro atoms. The van der Waals surface area contributed by atoms with Crippen LogP contribution < -0.4 is 16.8 Å². The van der Waals surface area contributed by atoms with Crippen molar-refractivity contribution in [2.45, 2.75) is 12.0 Å². The molecule has 2 amide bonds. The number of hydrogen-bond acceptors (Lipinski definition) is 4. The van der Waals surface area contributed by atoms with Crippen LogP contribution in [0.3, 0.4) is 0 Å². The Morgan fingerprint density at radius 1 is 1.54 bits per heavy atom. The van der Waals surface area contributed by atoms with Gasteiger partial charge in [0.2, 0.25) is 11.8 Å². The molecule has 0 heterocycles. The molecule has 0 bridgehead atoms. The summed E-state index contributed by atoms with van der Waals surface area (Å²) < 4.78 is 0. The van der Waals surface area contributed by atoms with E-state index >= 15 is 0 Å². The van der Waals surface area contributed by atoms with Crippen LogP contribution in [0.5, 0.6) is 0 Å². The maximum absolute atomic E-state index is 11.2. The molecule has 0 aromatic carbocycles. The van der Waals surface area contributed by atoms with Crippen molar-refractivity contribution in [2.75, 3.05) is 19.1 Å². The van der Waals surface area contributed by atoms with Gasteiger partial charge in [-0.25, -0.2) is 0 Å². The summed E-state index contributed by atoms with van der Waals surface area (Å²) in [6.45, 7) is 0. The van der Waals surface area contributed by atoms with Gasteiger partial charge in [-0.15, -0.1) is 0 Å². The normalized spacial score (nSPS) is 14.7. The Kier molecular flexibility index (Phi) is 4.79. The van der Waals surface area contributed by atoms with E-state index in [1.807, 2.05) is 6.26 Å². The quantitative estimate of drug-likeness (QED) is 0.484. The molecule has 76 valence electrons. The second kappa shape index (κ2) is 5.08. The van der Waals surface area contributed by atoms with Crippen LogP contribution in [0.1, 0.15) is 6.42 Å². The molecule has 5 nitrogen and oxygen atoms in total. The highest BCUT2D eigenvalue weighted by Crippen LogP contribution is 2.10. The number of hydrogen-bond donors (Lipinski definition) is 3. The van der Waals surface area contributed by atoms with Crippen molar-refractivity contribution >= 4 is 23.6 Å². The van der Waals surface area contributed by atoms with Gasteiger partial charge < -0.3 is 16.8 Å². The highest BCUT2D eigenvalue weighted by Gasteiger charge is 2.38. The first-order valence-corrected chi connectivity index (χ1v) is 5.18. The molecule has 0 fully saturated rings. The van der Waals surface area contributed by atoms with E-state index in [1.165, 1.54) is 18.8 Å². The Bertz CT molecular complexity index is 210. The molecule has 0 radical (unpaired) electrons. The number of primary amides is 1. The molecule has 0 unspecified atom stereocenters. The van der Waals surface area contributed by atoms with Crippen LogP contribution >= 0.6 is 11.8 Å². The van der Waals surface area contributed by atoms with E-state index in [2.05, 4.69) is 5.32 Å². The lowest BCUT2D eigenvalue weighted by Gasteiger charge is -2.23. The van der Waals surface area contributed by atoms with E-state index in [1.54, 1.807) is 0 Å². The van der Waals surface area contributed by atoms with E-state index in [0.717, 1.165) is 0 Å². The minimum absolute atomic E-state index is 0.253. The summed E-state index contributed by atoms with van der Waals surface area (Å²) in [5, 5.41) is 2.32. The second-order valence-electron chi connectivity index (χ2n) is 2.66. The van der Waals surface area contributed by atoms with Gasteiger partial charge in [-0.2, -0.15) is 11.8 Å². The van der Waals surface area contributed by atoms with Gasteiger partial charge in [-0.05, 0) is 18.4 Å². The van der Waals surface area contributed by atoms with E-state index in [9.17, 15) is 9.59 Å². The van der Waals surface area contributed by atoms with Crippen molar-refractivity contribution < 1.29 is 9.59 Å². The van der Waals surface area contributed by atoms with Gasteiger partial charge in [0.25, 0.3) is 0 Å². The zero-order valence-corrected chi connectivity index (χ0v) is 8.61. The van der Waals surface area contributed by atoms with Gasteiger partial charge in [0, 0.05) is 7.05 Å². The van der Waals surface area contributed by atoms with Crippen LogP contribution in [0.25, 0.3) is 0 Å². The summed E-state index contributed by atoms with van der Waals surface area (Å²) in [6.07, 6.45) is 2.12. The second-order valence-corrected chi connectivity index (χ2v) is 3.64. The number of likely N-dealkylation sites (N-methyl/N-ethyl adjacent to an activating group) is 1. The molecular weight excluding hydrogens is 190 g/mol. The largest absolute Gasteiger partial charge is 0.368 e. The fourth-order valence-corrected chi connectivity index (χ4v) is 1.36. The number of nitrogens with two attached hydrogens (primary N) is 2. The standard InChI is InChI=1S/C7H15N3O2S/c1-10-6(12)7(9,5(8)11)3-4-13-2/h3-4,9H2,1-2H3,(H2,8,11)(H,10,12)/t7-/m1/s1. The van der Waals surface area contributed by atoms with Crippen molar-refractivity contribution in [1.29, 1.82) is 0 Å². The third-order valence-corrected chi connectivity index (χ3v) is 2.38. The monoisotopic (exact) mass is 205 g/mol. The summed E-state index contributed by atoms with van der Waals surface area (Å²) >= 11 is 1.51. The number of thioether (sulfide) groups is 1. The number of carbonyl (C=O) groups is 2. The SMILES string of the molecule is CNC(=O)[C@@](N)(CCSC)C(N)=O. The number of carbonyl (C=O) groups excluding carboxylic acids is 2. The molecule has 0 aliphatic carbocycles. The van der Waals surface area contributed by atoms with Gasteiger partial charge in [-0.3, -0.25) is 9.59 Å². The third-order valence-electron chi connectivity index (χ3n) is 1.77. The van der Waals surface area contributed by atoms with E-state index in [4.69, 9.17) is 11.5 Å². The van der Waals surface area contributed by atoms with Crippen LogP contribution in [0.15, 0.2) is 0 Å². The van der Waals surface area contributed by atoms with E-state index in [-0.39, 0.29) is 6.42 Å². The van der Waals surface area contributed by atoms with Crippen molar-refractivity contribution in [3.05, 3.63) is 0 Å². The summed E-state index contributed by atoms with van der Waals surface area (Å²) in [5.74, 6) is -0.706. The molecule has 0 aromatic heterocycles. The van der Waals surface area contributed by atoms with Crippen LogP contribution in [0.4, 0.5) is 0 Å². The van der Waals surface area contributed by atoms with Crippen molar-refractivity contribution in [3.63, 3.8) is 0 Å². The average Bonchev–Trinajstić information content (AvgIpc) is 2.12. The topological polar surface area (TPSA) is 98.2 Å². The maximum Gasteiger partial charge on any atom is 0.249 e.